The van der Waals surface area contributed by atoms with Crippen molar-refractivity contribution in [1.82, 2.24) is 4.90 Å². The van der Waals surface area contributed by atoms with Crippen molar-refractivity contribution in [2.75, 3.05) is 52.4 Å². The minimum atomic E-state index is -4.49. The first-order chi connectivity index (χ1) is 18.3. The zero-order valence-electron chi connectivity index (χ0n) is 21.5. The van der Waals surface area contributed by atoms with Gasteiger partial charge in [0.05, 0.1) is 26.9 Å². The Hall–Kier alpha value is -3.85. The lowest BCUT2D eigenvalue weighted by Crippen LogP contribution is -2.46. The maximum absolute atomic E-state index is 13.7. The van der Waals surface area contributed by atoms with Crippen molar-refractivity contribution in [2.24, 2.45) is 0 Å². The molecule has 0 N–H and O–H groups in total. The number of anilines is 1. The molecule has 38 heavy (non-hydrogen) atoms. The van der Waals surface area contributed by atoms with Crippen LogP contribution in [0.2, 0.25) is 0 Å². The van der Waals surface area contributed by atoms with Gasteiger partial charge in [-0.2, -0.15) is 13.2 Å². The molecule has 1 aliphatic rings. The van der Waals surface area contributed by atoms with Crippen LogP contribution in [0.4, 0.5) is 18.9 Å². The number of ether oxygens (including phenoxy) is 3. The Kier molecular flexibility index (Phi) is 7.12. The summed E-state index contributed by atoms with van der Waals surface area (Å²) in [5, 5.41) is 0.749. The van der Waals surface area contributed by atoms with Crippen LogP contribution in [0, 0.1) is 0 Å². The molecule has 0 radical (unpaired) electrons. The van der Waals surface area contributed by atoms with E-state index in [9.17, 15) is 13.2 Å². The zero-order valence-corrected chi connectivity index (χ0v) is 21.5. The van der Waals surface area contributed by atoms with Crippen molar-refractivity contribution in [3.05, 3.63) is 71.8 Å². The Morgan fingerprint density at radius 3 is 2.16 bits per heavy atom. The van der Waals surface area contributed by atoms with Crippen LogP contribution in [-0.2, 0) is 12.7 Å². The Labute approximate surface area is 219 Å². The standard InChI is InChI=1S/C29H29F3N2O4/c1-35-24-11-9-20(16-27(24)37-3)34-14-12-33(13-15-34)18-19-8-10-25(36-2)28-22(19)17-26(38-28)21-6-4-5-7-23(21)29(30,31)32/h4-11,16-17H,12-15,18H2,1-3H3. The molecule has 0 aliphatic carbocycles. The minimum absolute atomic E-state index is 0.00716. The number of methoxy groups -OCH3 is 3. The van der Waals surface area contributed by atoms with Gasteiger partial charge >= 0.3 is 6.18 Å². The number of benzene rings is 3. The molecule has 0 unspecified atom stereocenters. The van der Waals surface area contributed by atoms with Gasteiger partial charge in [-0.15, -0.1) is 0 Å². The number of nitrogens with zero attached hydrogens (tertiary/aromatic N) is 2. The van der Waals surface area contributed by atoms with Crippen molar-refractivity contribution in [3.8, 4) is 28.6 Å². The molecule has 6 nitrogen and oxygen atoms in total. The highest BCUT2D eigenvalue weighted by molar-refractivity contribution is 5.90. The van der Waals surface area contributed by atoms with Crippen LogP contribution < -0.4 is 19.1 Å². The summed E-state index contributed by atoms with van der Waals surface area (Å²) in [5.41, 5.74) is 1.76. The van der Waals surface area contributed by atoms with Gasteiger partial charge in [0, 0.05) is 55.4 Å². The average Bonchev–Trinajstić information content (AvgIpc) is 3.39. The quantitative estimate of drug-likeness (QED) is 0.275. The predicted molar refractivity (Wildman–Crippen MR) is 140 cm³/mol. The molecule has 0 saturated carbocycles. The highest BCUT2D eigenvalue weighted by Gasteiger charge is 2.34. The second-order valence-electron chi connectivity index (χ2n) is 9.13. The minimum Gasteiger partial charge on any atom is -0.493 e. The van der Waals surface area contributed by atoms with E-state index in [0.29, 0.717) is 29.4 Å². The average molecular weight is 527 g/mol. The lowest BCUT2D eigenvalue weighted by molar-refractivity contribution is -0.137. The number of rotatable bonds is 7. The van der Waals surface area contributed by atoms with Crippen LogP contribution in [0.3, 0.4) is 0 Å². The van der Waals surface area contributed by atoms with Crippen molar-refractivity contribution in [1.29, 1.82) is 0 Å². The van der Waals surface area contributed by atoms with E-state index in [2.05, 4.69) is 9.80 Å². The van der Waals surface area contributed by atoms with Gasteiger partial charge in [-0.05, 0) is 35.9 Å². The predicted octanol–water partition coefficient (Wildman–Crippen LogP) is 6.47. The molecular formula is C29H29F3N2O4. The third-order valence-electron chi connectivity index (χ3n) is 6.95. The van der Waals surface area contributed by atoms with Gasteiger partial charge in [-0.25, -0.2) is 0 Å². The zero-order chi connectivity index (χ0) is 26.9. The molecule has 0 atom stereocenters. The number of furan rings is 1. The van der Waals surface area contributed by atoms with E-state index in [4.69, 9.17) is 18.6 Å². The van der Waals surface area contributed by atoms with Crippen LogP contribution in [0.5, 0.6) is 17.2 Å². The van der Waals surface area contributed by atoms with E-state index in [1.165, 1.54) is 19.2 Å². The number of hydrogen-bond donors (Lipinski definition) is 0. The van der Waals surface area contributed by atoms with Gasteiger partial charge in [0.1, 0.15) is 5.76 Å². The fourth-order valence-corrected chi connectivity index (χ4v) is 4.96. The maximum atomic E-state index is 13.7. The smallest absolute Gasteiger partial charge is 0.417 e. The molecule has 1 saturated heterocycles. The normalized spacial score (nSPS) is 14.6. The number of piperazine rings is 1. The molecule has 9 heteroatoms. The Bertz CT molecular complexity index is 1430. The molecule has 4 aromatic rings. The molecule has 3 aromatic carbocycles. The number of fused-ring (bicyclic) bond motifs is 1. The first-order valence-electron chi connectivity index (χ1n) is 12.3. The highest BCUT2D eigenvalue weighted by atomic mass is 19.4. The topological polar surface area (TPSA) is 47.3 Å². The molecule has 2 heterocycles. The van der Waals surface area contributed by atoms with Crippen molar-refractivity contribution >= 4 is 16.7 Å². The summed E-state index contributed by atoms with van der Waals surface area (Å²) in [6, 6.07) is 16.8. The van der Waals surface area contributed by atoms with E-state index in [0.717, 1.165) is 48.9 Å². The summed E-state index contributed by atoms with van der Waals surface area (Å²) in [6.07, 6.45) is -4.49. The summed E-state index contributed by atoms with van der Waals surface area (Å²) in [4.78, 5) is 4.63. The SMILES string of the molecule is COc1ccc(N2CCN(Cc3ccc(OC)c4oc(-c5ccccc5C(F)(F)F)cc34)CC2)cc1OC. The Morgan fingerprint density at radius 2 is 1.47 bits per heavy atom. The van der Waals surface area contributed by atoms with Gasteiger partial charge in [0.15, 0.2) is 22.8 Å². The highest BCUT2D eigenvalue weighted by Crippen LogP contribution is 2.41. The van der Waals surface area contributed by atoms with E-state index in [1.807, 2.05) is 24.3 Å². The lowest BCUT2D eigenvalue weighted by atomic mass is 10.0. The van der Waals surface area contributed by atoms with Gasteiger partial charge < -0.3 is 23.5 Å². The monoisotopic (exact) mass is 526 g/mol. The molecule has 200 valence electrons. The van der Waals surface area contributed by atoms with E-state index >= 15 is 0 Å². The van der Waals surface area contributed by atoms with E-state index in [-0.39, 0.29) is 11.3 Å². The molecule has 1 aromatic heterocycles. The number of halogens is 3. The molecule has 5 rings (SSSR count). The summed E-state index contributed by atoms with van der Waals surface area (Å²) < 4.78 is 63.2. The van der Waals surface area contributed by atoms with Crippen molar-refractivity contribution in [2.45, 2.75) is 12.7 Å². The van der Waals surface area contributed by atoms with E-state index in [1.54, 1.807) is 32.4 Å². The largest absolute Gasteiger partial charge is 0.493 e. The van der Waals surface area contributed by atoms with Crippen LogP contribution in [-0.4, -0.2) is 52.4 Å². The van der Waals surface area contributed by atoms with Crippen LogP contribution in [0.25, 0.3) is 22.3 Å². The lowest BCUT2D eigenvalue weighted by Gasteiger charge is -2.36. The van der Waals surface area contributed by atoms with E-state index < -0.39 is 11.7 Å². The van der Waals surface area contributed by atoms with Gasteiger partial charge in [0.25, 0.3) is 0 Å². The van der Waals surface area contributed by atoms with Crippen LogP contribution in [0.1, 0.15) is 11.1 Å². The first-order valence-corrected chi connectivity index (χ1v) is 12.3. The second-order valence-corrected chi connectivity index (χ2v) is 9.13. The third kappa shape index (κ3) is 4.98. The number of alkyl halides is 3. The Morgan fingerprint density at radius 1 is 0.789 bits per heavy atom. The van der Waals surface area contributed by atoms with Crippen LogP contribution in [0.15, 0.2) is 65.1 Å². The summed E-state index contributed by atoms with van der Waals surface area (Å²) >= 11 is 0. The fourth-order valence-electron chi connectivity index (χ4n) is 4.96. The van der Waals surface area contributed by atoms with Gasteiger partial charge in [-0.3, -0.25) is 4.90 Å². The van der Waals surface area contributed by atoms with Crippen LogP contribution >= 0.6 is 0 Å². The molecule has 0 bridgehead atoms. The summed E-state index contributed by atoms with van der Waals surface area (Å²) in [6.45, 7) is 3.93. The second kappa shape index (κ2) is 10.5. The number of hydrogen-bond acceptors (Lipinski definition) is 6. The van der Waals surface area contributed by atoms with Crippen molar-refractivity contribution in [3.63, 3.8) is 0 Å². The molecule has 1 fully saturated rings. The molecular weight excluding hydrogens is 497 g/mol. The summed E-state index contributed by atoms with van der Waals surface area (Å²) in [7, 11) is 4.76. The third-order valence-corrected chi connectivity index (χ3v) is 6.95. The van der Waals surface area contributed by atoms with Crippen molar-refractivity contribution < 1.29 is 31.8 Å². The Balaban J connectivity index is 1.38. The molecule has 0 amide bonds. The summed E-state index contributed by atoms with van der Waals surface area (Å²) in [5.74, 6) is 2.03. The maximum Gasteiger partial charge on any atom is 0.417 e. The first kappa shape index (κ1) is 25.8. The fraction of sp³-hybridized carbons (Fsp3) is 0.310. The van der Waals surface area contributed by atoms with Gasteiger partial charge in [0.2, 0.25) is 0 Å². The molecule has 0 spiro atoms. The van der Waals surface area contributed by atoms with Gasteiger partial charge in [-0.1, -0.05) is 24.3 Å². The molecule has 1 aliphatic heterocycles.